The summed E-state index contributed by atoms with van der Waals surface area (Å²) < 4.78 is 31.3. The van der Waals surface area contributed by atoms with E-state index in [1.54, 1.807) is 6.07 Å². The molecule has 0 radical (unpaired) electrons. The van der Waals surface area contributed by atoms with Crippen LogP contribution in [-0.2, 0) is 9.59 Å². The Bertz CT molecular complexity index is 720. The van der Waals surface area contributed by atoms with Crippen LogP contribution in [-0.4, -0.2) is 36.9 Å². The SMILES string of the molecule is CN(CC(=O)Nc1ccc(F)cc1)C(=O)COc1ccccc1F. The molecule has 24 heavy (non-hydrogen) atoms. The molecule has 2 rings (SSSR count). The number of anilines is 1. The first-order valence-corrected chi connectivity index (χ1v) is 7.12. The van der Waals surface area contributed by atoms with Gasteiger partial charge in [0.05, 0.1) is 6.54 Å². The van der Waals surface area contributed by atoms with E-state index in [0.29, 0.717) is 5.69 Å². The normalized spacial score (nSPS) is 10.1. The molecule has 5 nitrogen and oxygen atoms in total. The minimum Gasteiger partial charge on any atom is -0.481 e. The summed E-state index contributed by atoms with van der Waals surface area (Å²) in [4.78, 5) is 24.9. The summed E-state index contributed by atoms with van der Waals surface area (Å²) in [5.74, 6) is -1.93. The van der Waals surface area contributed by atoms with Gasteiger partial charge >= 0.3 is 0 Å². The Morgan fingerprint density at radius 1 is 1.08 bits per heavy atom. The lowest BCUT2D eigenvalue weighted by molar-refractivity contribution is -0.135. The molecule has 2 aromatic carbocycles. The quantitative estimate of drug-likeness (QED) is 0.883. The molecule has 0 aliphatic heterocycles. The van der Waals surface area contributed by atoms with Gasteiger partial charge in [-0.25, -0.2) is 8.78 Å². The fourth-order valence-corrected chi connectivity index (χ4v) is 1.85. The van der Waals surface area contributed by atoms with Crippen molar-refractivity contribution in [2.24, 2.45) is 0 Å². The second kappa shape index (κ2) is 8.05. The van der Waals surface area contributed by atoms with Gasteiger partial charge in [0.1, 0.15) is 5.82 Å². The number of halogens is 2. The van der Waals surface area contributed by atoms with Crippen LogP contribution >= 0.6 is 0 Å². The smallest absolute Gasteiger partial charge is 0.260 e. The van der Waals surface area contributed by atoms with Gasteiger partial charge < -0.3 is 15.0 Å². The van der Waals surface area contributed by atoms with E-state index in [9.17, 15) is 18.4 Å². The van der Waals surface area contributed by atoms with Crippen molar-refractivity contribution in [1.29, 1.82) is 0 Å². The van der Waals surface area contributed by atoms with E-state index >= 15 is 0 Å². The first-order valence-electron chi connectivity index (χ1n) is 7.12. The number of para-hydroxylation sites is 1. The van der Waals surface area contributed by atoms with Crippen LogP contribution in [0.1, 0.15) is 0 Å². The van der Waals surface area contributed by atoms with Crippen molar-refractivity contribution in [3.05, 3.63) is 60.2 Å². The van der Waals surface area contributed by atoms with E-state index in [2.05, 4.69) is 5.32 Å². The Hall–Kier alpha value is -2.96. The van der Waals surface area contributed by atoms with Gasteiger partial charge in [-0.2, -0.15) is 0 Å². The van der Waals surface area contributed by atoms with Crippen LogP contribution in [0.25, 0.3) is 0 Å². The predicted octanol–water partition coefficient (Wildman–Crippen LogP) is 2.44. The van der Waals surface area contributed by atoms with Gasteiger partial charge in [0.25, 0.3) is 5.91 Å². The second-order valence-corrected chi connectivity index (χ2v) is 5.02. The molecular formula is C17H16F2N2O3. The first-order chi connectivity index (χ1) is 11.5. The molecule has 0 heterocycles. The minimum absolute atomic E-state index is 0.0324. The summed E-state index contributed by atoms with van der Waals surface area (Å²) in [7, 11) is 1.43. The van der Waals surface area contributed by atoms with Crippen LogP contribution in [0, 0.1) is 11.6 Å². The van der Waals surface area contributed by atoms with Crippen LogP contribution in [0.5, 0.6) is 5.75 Å². The molecule has 0 spiro atoms. The average molecular weight is 334 g/mol. The van der Waals surface area contributed by atoms with Crippen molar-refractivity contribution in [2.45, 2.75) is 0 Å². The molecule has 0 saturated carbocycles. The molecule has 1 N–H and O–H groups in total. The zero-order chi connectivity index (χ0) is 17.5. The summed E-state index contributed by atoms with van der Waals surface area (Å²) in [6, 6.07) is 11.0. The Balaban J connectivity index is 1.81. The highest BCUT2D eigenvalue weighted by Crippen LogP contribution is 2.15. The van der Waals surface area contributed by atoms with Gasteiger partial charge in [-0.15, -0.1) is 0 Å². The second-order valence-electron chi connectivity index (χ2n) is 5.02. The number of hydrogen-bond acceptors (Lipinski definition) is 3. The molecule has 0 atom stereocenters. The Kier molecular flexibility index (Phi) is 5.83. The third-order valence-electron chi connectivity index (χ3n) is 3.12. The number of carbonyl (C=O) groups excluding carboxylic acids is 2. The topological polar surface area (TPSA) is 58.6 Å². The Labute approximate surface area is 137 Å². The summed E-state index contributed by atoms with van der Waals surface area (Å²) in [6.07, 6.45) is 0. The van der Waals surface area contributed by atoms with Gasteiger partial charge in [0.2, 0.25) is 5.91 Å². The molecule has 0 unspecified atom stereocenters. The maximum Gasteiger partial charge on any atom is 0.260 e. The maximum atomic E-state index is 13.4. The monoisotopic (exact) mass is 334 g/mol. The highest BCUT2D eigenvalue weighted by atomic mass is 19.1. The molecule has 2 amide bonds. The molecule has 7 heteroatoms. The van der Waals surface area contributed by atoms with Crippen molar-refractivity contribution < 1.29 is 23.1 Å². The zero-order valence-corrected chi connectivity index (χ0v) is 13.0. The maximum absolute atomic E-state index is 13.4. The van der Waals surface area contributed by atoms with Crippen molar-refractivity contribution >= 4 is 17.5 Å². The highest BCUT2D eigenvalue weighted by Gasteiger charge is 2.14. The molecule has 0 fully saturated rings. The van der Waals surface area contributed by atoms with E-state index in [1.807, 2.05) is 0 Å². The standard InChI is InChI=1S/C17H16F2N2O3/c1-21(10-16(22)20-13-8-6-12(18)7-9-13)17(23)11-24-15-5-3-2-4-14(15)19/h2-9H,10-11H2,1H3,(H,20,22). The van der Waals surface area contributed by atoms with E-state index in [-0.39, 0.29) is 18.9 Å². The lowest BCUT2D eigenvalue weighted by Gasteiger charge is -2.17. The van der Waals surface area contributed by atoms with Crippen LogP contribution in [0.15, 0.2) is 48.5 Å². The number of carbonyl (C=O) groups is 2. The van der Waals surface area contributed by atoms with Gasteiger partial charge in [-0.05, 0) is 36.4 Å². The Morgan fingerprint density at radius 3 is 2.42 bits per heavy atom. The largest absolute Gasteiger partial charge is 0.481 e. The summed E-state index contributed by atoms with van der Waals surface area (Å²) >= 11 is 0. The number of amides is 2. The van der Waals surface area contributed by atoms with Gasteiger partial charge in [0.15, 0.2) is 18.2 Å². The molecule has 126 valence electrons. The van der Waals surface area contributed by atoms with E-state index < -0.39 is 23.4 Å². The van der Waals surface area contributed by atoms with Gasteiger partial charge in [0, 0.05) is 12.7 Å². The number of hydrogen-bond donors (Lipinski definition) is 1. The van der Waals surface area contributed by atoms with E-state index in [4.69, 9.17) is 4.74 Å². The number of ether oxygens (including phenoxy) is 1. The lowest BCUT2D eigenvalue weighted by atomic mass is 10.3. The van der Waals surface area contributed by atoms with Crippen molar-refractivity contribution in [3.8, 4) is 5.75 Å². The number of nitrogens with zero attached hydrogens (tertiary/aromatic N) is 1. The number of rotatable bonds is 6. The van der Waals surface area contributed by atoms with Crippen molar-refractivity contribution in [3.63, 3.8) is 0 Å². The molecule has 2 aromatic rings. The summed E-state index contributed by atoms with van der Waals surface area (Å²) in [6.45, 7) is -0.599. The molecule has 0 saturated heterocycles. The fourth-order valence-electron chi connectivity index (χ4n) is 1.85. The van der Waals surface area contributed by atoms with Crippen molar-refractivity contribution in [1.82, 2.24) is 4.90 Å². The van der Waals surface area contributed by atoms with E-state index in [0.717, 1.165) is 4.90 Å². The molecule has 0 aliphatic carbocycles. The van der Waals surface area contributed by atoms with Crippen LogP contribution < -0.4 is 10.1 Å². The summed E-state index contributed by atoms with van der Waals surface area (Å²) in [5.41, 5.74) is 0.421. The van der Waals surface area contributed by atoms with Crippen LogP contribution in [0.4, 0.5) is 14.5 Å². The van der Waals surface area contributed by atoms with Crippen LogP contribution in [0.2, 0.25) is 0 Å². The van der Waals surface area contributed by atoms with Gasteiger partial charge in [-0.1, -0.05) is 12.1 Å². The molecule has 0 aromatic heterocycles. The van der Waals surface area contributed by atoms with Crippen molar-refractivity contribution in [2.75, 3.05) is 25.5 Å². The highest BCUT2D eigenvalue weighted by molar-refractivity contribution is 5.94. The minimum atomic E-state index is -0.568. The first kappa shape index (κ1) is 17.4. The number of nitrogens with one attached hydrogen (secondary N) is 1. The lowest BCUT2D eigenvalue weighted by Crippen LogP contribution is -2.37. The fraction of sp³-hybridized carbons (Fsp3) is 0.176. The van der Waals surface area contributed by atoms with Crippen LogP contribution in [0.3, 0.4) is 0 Å². The molecule has 0 bridgehead atoms. The summed E-state index contributed by atoms with van der Waals surface area (Å²) in [5, 5.41) is 2.54. The third kappa shape index (κ3) is 5.05. The number of likely N-dealkylation sites (N-methyl/N-ethyl adjacent to an activating group) is 1. The average Bonchev–Trinajstić information content (AvgIpc) is 2.56. The Morgan fingerprint density at radius 2 is 1.75 bits per heavy atom. The molecular weight excluding hydrogens is 318 g/mol. The third-order valence-corrected chi connectivity index (χ3v) is 3.12. The number of benzene rings is 2. The van der Waals surface area contributed by atoms with E-state index in [1.165, 1.54) is 49.5 Å². The zero-order valence-electron chi connectivity index (χ0n) is 13.0. The predicted molar refractivity (Wildman–Crippen MR) is 84.6 cm³/mol. The van der Waals surface area contributed by atoms with Gasteiger partial charge in [-0.3, -0.25) is 9.59 Å². The molecule has 0 aliphatic rings.